The number of fused-ring (bicyclic) bond motifs is 2. The summed E-state index contributed by atoms with van der Waals surface area (Å²) in [6.45, 7) is 0. The number of hydrogen-bond donors (Lipinski definition) is 2. The van der Waals surface area contributed by atoms with Gasteiger partial charge in [0, 0.05) is 18.0 Å². The Kier molecular flexibility index (Phi) is 2.79. The Hall–Kier alpha value is -1.09. The van der Waals surface area contributed by atoms with E-state index in [4.69, 9.17) is 0 Å². The van der Waals surface area contributed by atoms with E-state index >= 15 is 0 Å². The van der Waals surface area contributed by atoms with Crippen LogP contribution in [0.25, 0.3) is 0 Å². The summed E-state index contributed by atoms with van der Waals surface area (Å²) in [4.78, 5) is 0. The summed E-state index contributed by atoms with van der Waals surface area (Å²) in [6, 6.07) is 7.91. The Morgan fingerprint density at radius 2 is 2.24 bits per heavy atom. The number of phenols is 1. The molecule has 4 atom stereocenters. The minimum Gasteiger partial charge on any atom is -0.508 e. The standard InChI is InChI=1S/C14H18FNO/c15-13-8-10-4-5-14(16-10)12(13)7-9-2-1-3-11(17)6-9/h1-3,6,10,12-14,16-17H,4-5,7-8H2. The Bertz CT molecular complexity index is 409. The quantitative estimate of drug-likeness (QED) is 0.825. The van der Waals surface area contributed by atoms with Gasteiger partial charge in [-0.2, -0.15) is 0 Å². The van der Waals surface area contributed by atoms with Crippen molar-refractivity contribution in [1.29, 1.82) is 0 Å². The molecule has 2 saturated heterocycles. The van der Waals surface area contributed by atoms with Crippen molar-refractivity contribution in [3.63, 3.8) is 0 Å². The van der Waals surface area contributed by atoms with Crippen LogP contribution in [0.1, 0.15) is 24.8 Å². The number of piperidine rings is 1. The normalized spacial score (nSPS) is 36.1. The lowest BCUT2D eigenvalue weighted by Crippen LogP contribution is -2.47. The third kappa shape index (κ3) is 2.16. The van der Waals surface area contributed by atoms with Gasteiger partial charge < -0.3 is 10.4 Å². The fourth-order valence-electron chi connectivity index (χ4n) is 3.30. The summed E-state index contributed by atoms with van der Waals surface area (Å²) >= 11 is 0. The van der Waals surface area contributed by atoms with E-state index in [1.807, 2.05) is 12.1 Å². The SMILES string of the molecule is Oc1cccc(CC2C(F)CC3CCC2N3)c1. The van der Waals surface area contributed by atoms with Gasteiger partial charge in [-0.25, -0.2) is 4.39 Å². The molecule has 92 valence electrons. The molecule has 0 saturated carbocycles. The maximum atomic E-state index is 14.1. The molecule has 2 fully saturated rings. The number of phenolic OH excluding ortho intramolecular Hbond substituents is 1. The first-order chi connectivity index (χ1) is 8.22. The fraction of sp³-hybridized carbons (Fsp3) is 0.571. The second-order valence-electron chi connectivity index (χ2n) is 5.34. The van der Waals surface area contributed by atoms with Gasteiger partial charge in [0.2, 0.25) is 0 Å². The predicted octanol–water partition coefficient (Wildman–Crippen LogP) is 2.41. The van der Waals surface area contributed by atoms with Gasteiger partial charge in [-0.3, -0.25) is 0 Å². The van der Waals surface area contributed by atoms with Crippen LogP contribution in [0.4, 0.5) is 4.39 Å². The Labute approximate surface area is 101 Å². The van der Waals surface area contributed by atoms with Crippen LogP contribution in [0, 0.1) is 5.92 Å². The molecule has 17 heavy (non-hydrogen) atoms. The van der Waals surface area contributed by atoms with E-state index < -0.39 is 6.17 Å². The number of halogens is 1. The summed E-state index contributed by atoms with van der Waals surface area (Å²) < 4.78 is 14.1. The van der Waals surface area contributed by atoms with Crippen molar-refractivity contribution in [3.05, 3.63) is 29.8 Å². The lowest BCUT2D eigenvalue weighted by molar-refractivity contribution is 0.136. The zero-order valence-electron chi connectivity index (χ0n) is 9.77. The fourth-order valence-corrected chi connectivity index (χ4v) is 3.30. The largest absolute Gasteiger partial charge is 0.508 e. The molecule has 2 N–H and O–H groups in total. The third-order valence-electron chi connectivity index (χ3n) is 4.15. The number of aromatic hydroxyl groups is 1. The van der Waals surface area contributed by atoms with Crippen molar-refractivity contribution >= 4 is 0 Å². The zero-order chi connectivity index (χ0) is 11.8. The molecule has 2 aliphatic heterocycles. The van der Waals surface area contributed by atoms with Crippen molar-refractivity contribution in [2.75, 3.05) is 0 Å². The lowest BCUT2D eigenvalue weighted by atomic mass is 9.85. The van der Waals surface area contributed by atoms with E-state index in [1.54, 1.807) is 12.1 Å². The van der Waals surface area contributed by atoms with Crippen LogP contribution in [0.3, 0.4) is 0 Å². The summed E-state index contributed by atoms with van der Waals surface area (Å²) in [6.07, 6.45) is 2.88. The van der Waals surface area contributed by atoms with Gasteiger partial charge >= 0.3 is 0 Å². The first-order valence-corrected chi connectivity index (χ1v) is 6.40. The predicted molar refractivity (Wildman–Crippen MR) is 64.8 cm³/mol. The highest BCUT2D eigenvalue weighted by Gasteiger charge is 2.41. The minimum absolute atomic E-state index is 0.0653. The number of benzene rings is 1. The van der Waals surface area contributed by atoms with Gasteiger partial charge in [-0.15, -0.1) is 0 Å². The Morgan fingerprint density at radius 1 is 1.35 bits per heavy atom. The molecule has 3 rings (SSSR count). The second-order valence-corrected chi connectivity index (χ2v) is 5.34. The molecule has 1 aromatic carbocycles. The average molecular weight is 235 g/mol. The Balaban J connectivity index is 1.75. The minimum atomic E-state index is -0.698. The molecule has 2 bridgehead atoms. The summed E-state index contributed by atoms with van der Waals surface area (Å²) in [5.41, 5.74) is 1.03. The molecular formula is C14H18FNO. The molecule has 2 nitrogen and oxygen atoms in total. The number of alkyl halides is 1. The average Bonchev–Trinajstić information content (AvgIpc) is 2.68. The van der Waals surface area contributed by atoms with Crippen LogP contribution in [0.5, 0.6) is 5.75 Å². The zero-order valence-corrected chi connectivity index (χ0v) is 9.77. The van der Waals surface area contributed by atoms with E-state index in [2.05, 4.69) is 5.32 Å². The molecule has 1 aromatic rings. The maximum absolute atomic E-state index is 14.1. The Morgan fingerprint density at radius 3 is 3.06 bits per heavy atom. The molecule has 0 aromatic heterocycles. The topological polar surface area (TPSA) is 32.3 Å². The van der Waals surface area contributed by atoms with Crippen molar-refractivity contribution in [2.45, 2.75) is 43.9 Å². The number of nitrogens with one attached hydrogen (secondary N) is 1. The first-order valence-electron chi connectivity index (χ1n) is 6.40. The molecule has 3 heteroatoms. The van der Waals surface area contributed by atoms with Crippen LogP contribution >= 0.6 is 0 Å². The third-order valence-corrected chi connectivity index (χ3v) is 4.15. The highest BCUT2D eigenvalue weighted by atomic mass is 19.1. The van der Waals surface area contributed by atoms with Crippen LogP contribution in [-0.4, -0.2) is 23.4 Å². The van der Waals surface area contributed by atoms with Gasteiger partial charge in [0.1, 0.15) is 11.9 Å². The molecule has 2 aliphatic rings. The van der Waals surface area contributed by atoms with E-state index in [0.29, 0.717) is 18.5 Å². The lowest BCUT2D eigenvalue weighted by Gasteiger charge is -2.33. The van der Waals surface area contributed by atoms with Crippen molar-refractivity contribution in [2.24, 2.45) is 5.92 Å². The summed E-state index contributed by atoms with van der Waals surface area (Å²) in [5.74, 6) is 0.335. The van der Waals surface area contributed by atoms with Gasteiger partial charge in [0.05, 0.1) is 0 Å². The number of hydrogen-bond acceptors (Lipinski definition) is 2. The number of rotatable bonds is 2. The van der Waals surface area contributed by atoms with Crippen LogP contribution < -0.4 is 5.32 Å². The van der Waals surface area contributed by atoms with Crippen LogP contribution in [0.2, 0.25) is 0 Å². The van der Waals surface area contributed by atoms with Gasteiger partial charge in [-0.1, -0.05) is 12.1 Å². The monoisotopic (exact) mass is 235 g/mol. The van der Waals surface area contributed by atoms with E-state index in [9.17, 15) is 9.50 Å². The van der Waals surface area contributed by atoms with Gasteiger partial charge in [0.15, 0.2) is 0 Å². The molecular weight excluding hydrogens is 217 g/mol. The summed E-state index contributed by atoms with van der Waals surface area (Å²) in [7, 11) is 0. The van der Waals surface area contributed by atoms with E-state index in [1.165, 1.54) is 0 Å². The van der Waals surface area contributed by atoms with E-state index in [-0.39, 0.29) is 11.7 Å². The molecule has 0 radical (unpaired) electrons. The van der Waals surface area contributed by atoms with Gasteiger partial charge in [0.25, 0.3) is 0 Å². The molecule has 2 heterocycles. The van der Waals surface area contributed by atoms with Crippen LogP contribution in [-0.2, 0) is 6.42 Å². The van der Waals surface area contributed by atoms with Crippen molar-refractivity contribution in [1.82, 2.24) is 5.32 Å². The van der Waals surface area contributed by atoms with Crippen molar-refractivity contribution in [3.8, 4) is 5.75 Å². The summed E-state index contributed by atoms with van der Waals surface area (Å²) in [5, 5.41) is 12.9. The molecule has 4 unspecified atom stereocenters. The second kappa shape index (κ2) is 4.30. The maximum Gasteiger partial charge on any atom is 0.115 e. The van der Waals surface area contributed by atoms with Crippen molar-refractivity contribution < 1.29 is 9.50 Å². The van der Waals surface area contributed by atoms with Crippen LogP contribution in [0.15, 0.2) is 24.3 Å². The van der Waals surface area contributed by atoms with E-state index in [0.717, 1.165) is 24.8 Å². The molecule has 0 amide bonds. The highest BCUT2D eigenvalue weighted by molar-refractivity contribution is 5.28. The highest BCUT2D eigenvalue weighted by Crippen LogP contribution is 2.35. The van der Waals surface area contributed by atoms with Gasteiger partial charge in [-0.05, 0) is 43.4 Å². The molecule has 0 aliphatic carbocycles. The molecule has 0 spiro atoms. The smallest absolute Gasteiger partial charge is 0.115 e. The first kappa shape index (κ1) is 11.0.